The largest absolute Gasteiger partial charge is 0.419 e. The predicted octanol–water partition coefficient (Wildman–Crippen LogP) is 4.30. The Morgan fingerprint density at radius 3 is 2.27 bits per heavy atom. The lowest BCUT2D eigenvalue weighted by Gasteiger charge is -2.13. The summed E-state index contributed by atoms with van der Waals surface area (Å²) >= 11 is 6.82. The molecule has 8 heteroatoms. The van der Waals surface area contributed by atoms with Crippen molar-refractivity contribution < 1.29 is 22.0 Å². The van der Waals surface area contributed by atoms with E-state index in [1.54, 1.807) is 0 Å². The Balaban J connectivity index is 3.49. The van der Waals surface area contributed by atoms with Crippen LogP contribution in [0, 0.1) is 3.57 Å². The number of halogens is 7. The van der Waals surface area contributed by atoms with Crippen LogP contribution in [0.1, 0.15) is 17.7 Å². The van der Waals surface area contributed by atoms with Gasteiger partial charge < -0.3 is 0 Å². The molecule has 1 aromatic rings. The highest BCUT2D eigenvalue weighted by molar-refractivity contribution is 14.1. The minimum atomic E-state index is -4.93. The van der Waals surface area contributed by atoms with Crippen LogP contribution >= 0.6 is 34.2 Å². The van der Waals surface area contributed by atoms with Crippen molar-refractivity contribution in [1.82, 2.24) is 4.98 Å². The van der Waals surface area contributed by atoms with Crippen molar-refractivity contribution in [1.29, 1.82) is 0 Å². The van der Waals surface area contributed by atoms with Gasteiger partial charge in [0.1, 0.15) is 11.3 Å². The Bertz CT molecular complexity index is 378. The molecule has 0 amide bonds. The Hall–Kier alpha value is -0.180. The molecule has 0 spiro atoms. The predicted molar refractivity (Wildman–Crippen MR) is 51.9 cm³/mol. The van der Waals surface area contributed by atoms with Gasteiger partial charge in [0, 0.05) is 6.20 Å². The first-order valence-electron chi connectivity index (χ1n) is 3.44. The second-order valence-electron chi connectivity index (χ2n) is 2.48. The van der Waals surface area contributed by atoms with Crippen LogP contribution in [0.5, 0.6) is 0 Å². The molecule has 0 aliphatic rings. The van der Waals surface area contributed by atoms with Crippen molar-refractivity contribution >= 4 is 34.2 Å². The molecular formula is C7H2ClF5IN. The number of nitrogens with zero attached hydrogens (tertiary/aromatic N) is 1. The van der Waals surface area contributed by atoms with Crippen LogP contribution in [0.2, 0.25) is 5.02 Å². The Kier molecular flexibility index (Phi) is 3.75. The smallest absolute Gasteiger partial charge is 0.253 e. The van der Waals surface area contributed by atoms with Crippen LogP contribution < -0.4 is 0 Å². The highest BCUT2D eigenvalue weighted by Crippen LogP contribution is 2.41. The van der Waals surface area contributed by atoms with E-state index < -0.39 is 28.9 Å². The minimum absolute atomic E-state index is 0.0222. The third-order valence-electron chi connectivity index (χ3n) is 1.49. The fourth-order valence-corrected chi connectivity index (χ4v) is 1.58. The van der Waals surface area contributed by atoms with E-state index in [1.165, 1.54) is 22.6 Å². The van der Waals surface area contributed by atoms with E-state index in [9.17, 15) is 22.0 Å². The highest BCUT2D eigenvalue weighted by Gasteiger charge is 2.39. The molecule has 15 heavy (non-hydrogen) atoms. The average Bonchev–Trinajstić information content (AvgIpc) is 2.06. The van der Waals surface area contributed by atoms with Crippen LogP contribution in [0.4, 0.5) is 22.0 Å². The van der Waals surface area contributed by atoms with Crippen molar-refractivity contribution in [3.63, 3.8) is 0 Å². The van der Waals surface area contributed by atoms with Crippen LogP contribution in [0.3, 0.4) is 0 Å². The first kappa shape index (κ1) is 12.9. The fraction of sp³-hybridized carbons (Fsp3) is 0.286. The molecule has 1 nitrogen and oxygen atoms in total. The van der Waals surface area contributed by atoms with Crippen molar-refractivity contribution in [2.24, 2.45) is 0 Å². The maximum atomic E-state index is 12.4. The van der Waals surface area contributed by atoms with Gasteiger partial charge in [0.05, 0.1) is 8.59 Å². The summed E-state index contributed by atoms with van der Waals surface area (Å²) in [4.78, 5) is 3.04. The standard InChI is InChI=1S/C7H2ClF5IN/c8-4-2(14)1-15-5(6(9)10)3(4)7(11,12)13/h1,6H. The summed E-state index contributed by atoms with van der Waals surface area (Å²) in [5, 5.41) is -0.742. The summed E-state index contributed by atoms with van der Waals surface area (Å²) in [6.45, 7) is 0. The van der Waals surface area contributed by atoms with Gasteiger partial charge in [-0.15, -0.1) is 0 Å². The van der Waals surface area contributed by atoms with E-state index in [2.05, 4.69) is 4.98 Å². The first-order valence-corrected chi connectivity index (χ1v) is 4.90. The third-order valence-corrected chi connectivity index (χ3v) is 3.02. The van der Waals surface area contributed by atoms with Crippen molar-refractivity contribution in [3.05, 3.63) is 26.0 Å². The Morgan fingerprint density at radius 1 is 1.33 bits per heavy atom. The average molecular weight is 357 g/mol. The zero-order valence-corrected chi connectivity index (χ0v) is 9.66. The number of hydrogen-bond donors (Lipinski definition) is 0. The van der Waals surface area contributed by atoms with E-state index in [4.69, 9.17) is 11.6 Å². The second-order valence-corrected chi connectivity index (χ2v) is 4.02. The molecule has 1 aromatic heterocycles. The molecule has 0 aliphatic heterocycles. The molecule has 0 bridgehead atoms. The molecule has 0 radical (unpaired) electrons. The van der Waals surface area contributed by atoms with Crippen LogP contribution in [-0.2, 0) is 6.18 Å². The number of alkyl halides is 5. The number of rotatable bonds is 1. The van der Waals surface area contributed by atoms with Crippen molar-refractivity contribution in [2.75, 3.05) is 0 Å². The Labute approximate surface area is 99.8 Å². The molecule has 0 saturated heterocycles. The number of pyridine rings is 1. The number of hydrogen-bond acceptors (Lipinski definition) is 1. The molecule has 0 aromatic carbocycles. The van der Waals surface area contributed by atoms with Gasteiger partial charge in [-0.25, -0.2) is 8.78 Å². The topological polar surface area (TPSA) is 12.9 Å². The van der Waals surface area contributed by atoms with E-state index in [1.807, 2.05) is 0 Å². The summed E-state index contributed by atoms with van der Waals surface area (Å²) in [5.41, 5.74) is -2.90. The molecule has 84 valence electrons. The van der Waals surface area contributed by atoms with Gasteiger partial charge in [0.15, 0.2) is 0 Å². The molecule has 0 fully saturated rings. The fourth-order valence-electron chi connectivity index (χ4n) is 0.914. The lowest BCUT2D eigenvalue weighted by molar-refractivity contribution is -0.139. The summed E-state index contributed by atoms with van der Waals surface area (Å²) in [6.07, 6.45) is -7.37. The van der Waals surface area contributed by atoms with Crippen molar-refractivity contribution in [3.8, 4) is 0 Å². The van der Waals surface area contributed by atoms with Gasteiger partial charge >= 0.3 is 6.18 Å². The van der Waals surface area contributed by atoms with Gasteiger partial charge in [0.2, 0.25) is 0 Å². The SMILES string of the molecule is FC(F)c1ncc(I)c(Cl)c1C(F)(F)F. The zero-order valence-electron chi connectivity index (χ0n) is 6.75. The van der Waals surface area contributed by atoms with Gasteiger partial charge in [0.25, 0.3) is 6.43 Å². The van der Waals surface area contributed by atoms with Gasteiger partial charge in [-0.1, -0.05) is 11.6 Å². The van der Waals surface area contributed by atoms with Crippen molar-refractivity contribution in [2.45, 2.75) is 12.6 Å². The Morgan fingerprint density at radius 2 is 1.87 bits per heavy atom. The molecule has 0 N–H and O–H groups in total. The molecule has 1 rings (SSSR count). The molecule has 0 aliphatic carbocycles. The van der Waals surface area contributed by atoms with Gasteiger partial charge in [-0.3, -0.25) is 4.98 Å². The van der Waals surface area contributed by atoms with E-state index in [-0.39, 0.29) is 3.57 Å². The zero-order chi connectivity index (χ0) is 11.8. The lowest BCUT2D eigenvalue weighted by atomic mass is 10.2. The van der Waals surface area contributed by atoms with E-state index in [0.29, 0.717) is 0 Å². The summed E-state index contributed by atoms with van der Waals surface area (Å²) < 4.78 is 61.6. The van der Waals surface area contributed by atoms with Crippen LogP contribution in [-0.4, -0.2) is 4.98 Å². The highest BCUT2D eigenvalue weighted by atomic mass is 127. The first-order chi connectivity index (χ1) is 6.75. The van der Waals surface area contributed by atoms with E-state index >= 15 is 0 Å². The molecule has 0 saturated carbocycles. The lowest BCUT2D eigenvalue weighted by Crippen LogP contribution is -2.13. The molecule has 1 heterocycles. The van der Waals surface area contributed by atoms with Crippen LogP contribution in [0.25, 0.3) is 0 Å². The molecule has 0 unspecified atom stereocenters. The van der Waals surface area contributed by atoms with Gasteiger partial charge in [-0.05, 0) is 22.6 Å². The maximum absolute atomic E-state index is 12.4. The second kappa shape index (κ2) is 4.36. The molecule has 0 atom stereocenters. The third kappa shape index (κ3) is 2.68. The quantitative estimate of drug-likeness (QED) is 0.540. The molecular weight excluding hydrogens is 355 g/mol. The van der Waals surface area contributed by atoms with E-state index in [0.717, 1.165) is 6.20 Å². The summed E-state index contributed by atoms with van der Waals surface area (Å²) in [6, 6.07) is 0. The normalized spacial score (nSPS) is 12.3. The summed E-state index contributed by atoms with van der Waals surface area (Å²) in [5.74, 6) is 0. The maximum Gasteiger partial charge on any atom is 0.419 e. The minimum Gasteiger partial charge on any atom is -0.253 e. The monoisotopic (exact) mass is 357 g/mol. The summed E-state index contributed by atoms with van der Waals surface area (Å²) in [7, 11) is 0. The number of aromatic nitrogens is 1. The van der Waals surface area contributed by atoms with Crippen LogP contribution in [0.15, 0.2) is 6.20 Å². The van der Waals surface area contributed by atoms with Gasteiger partial charge in [-0.2, -0.15) is 13.2 Å².